The molecular formula is C15H21NO2. The van der Waals surface area contributed by atoms with Crippen LogP contribution < -0.4 is 0 Å². The molecule has 0 aliphatic carbocycles. The number of likely N-dealkylation sites (tertiary alicyclic amines) is 1. The van der Waals surface area contributed by atoms with Crippen molar-refractivity contribution in [3.63, 3.8) is 0 Å². The number of methoxy groups -OCH3 is 1. The molecule has 0 spiro atoms. The number of carbonyl (C=O) groups excluding carboxylic acids is 1. The molecule has 0 bridgehead atoms. The van der Waals surface area contributed by atoms with Crippen LogP contribution in [0.4, 0.5) is 0 Å². The maximum absolute atomic E-state index is 11.5. The molecule has 0 N–H and O–H groups in total. The van der Waals surface area contributed by atoms with E-state index in [2.05, 4.69) is 43.0 Å². The Labute approximate surface area is 109 Å². The van der Waals surface area contributed by atoms with Gasteiger partial charge in [0.15, 0.2) is 0 Å². The van der Waals surface area contributed by atoms with E-state index in [9.17, 15) is 4.79 Å². The molecule has 1 aromatic rings. The first-order valence-corrected chi connectivity index (χ1v) is 6.52. The Kier molecular flexibility index (Phi) is 4.02. The van der Waals surface area contributed by atoms with Gasteiger partial charge < -0.3 is 4.74 Å². The highest BCUT2D eigenvalue weighted by Gasteiger charge is 2.34. The first kappa shape index (κ1) is 13.1. The number of benzene rings is 1. The van der Waals surface area contributed by atoms with E-state index in [1.165, 1.54) is 18.2 Å². The second kappa shape index (κ2) is 5.53. The topological polar surface area (TPSA) is 29.5 Å². The predicted molar refractivity (Wildman–Crippen MR) is 71.4 cm³/mol. The molecule has 98 valence electrons. The predicted octanol–water partition coefficient (Wildman–Crippen LogP) is 2.56. The highest BCUT2D eigenvalue weighted by Crippen LogP contribution is 2.22. The largest absolute Gasteiger partial charge is 0.468 e. The molecule has 1 saturated heterocycles. The van der Waals surface area contributed by atoms with Crippen LogP contribution in [0.5, 0.6) is 0 Å². The highest BCUT2D eigenvalue weighted by atomic mass is 16.5. The van der Waals surface area contributed by atoms with Crippen LogP contribution in [0.3, 0.4) is 0 Å². The van der Waals surface area contributed by atoms with Crippen molar-refractivity contribution in [1.29, 1.82) is 0 Å². The summed E-state index contributed by atoms with van der Waals surface area (Å²) in [5.41, 5.74) is 2.61. The Morgan fingerprint density at radius 1 is 1.39 bits per heavy atom. The lowest BCUT2D eigenvalue weighted by Crippen LogP contribution is -2.52. The molecule has 1 fully saturated rings. The Bertz CT molecular complexity index is 411. The zero-order chi connectivity index (χ0) is 13.1. The van der Waals surface area contributed by atoms with Crippen LogP contribution in [0.1, 0.15) is 37.3 Å². The number of esters is 1. The number of hydrogen-bond donors (Lipinski definition) is 0. The lowest BCUT2D eigenvalue weighted by molar-refractivity contribution is -0.152. The second-order valence-electron chi connectivity index (χ2n) is 5.19. The minimum absolute atomic E-state index is 0.0419. The van der Waals surface area contributed by atoms with Gasteiger partial charge in [0.2, 0.25) is 0 Å². The molecule has 1 atom stereocenters. The van der Waals surface area contributed by atoms with Gasteiger partial charge in [0.05, 0.1) is 7.11 Å². The SMILES string of the molecule is COC(=O)C1CCN1Cc1ccc(C(C)C)cc1. The van der Waals surface area contributed by atoms with Gasteiger partial charge in [-0.1, -0.05) is 38.1 Å². The Morgan fingerprint density at radius 3 is 2.50 bits per heavy atom. The van der Waals surface area contributed by atoms with Crippen molar-refractivity contribution in [2.24, 2.45) is 0 Å². The average Bonchev–Trinajstić information content (AvgIpc) is 2.35. The fraction of sp³-hybridized carbons (Fsp3) is 0.533. The standard InChI is InChI=1S/C15H21NO2/c1-11(2)13-6-4-12(5-7-13)10-16-9-8-14(16)15(17)18-3/h4-7,11,14H,8-10H2,1-3H3. The number of hydrogen-bond acceptors (Lipinski definition) is 3. The minimum atomic E-state index is -0.111. The molecule has 1 heterocycles. The molecule has 1 aliphatic heterocycles. The zero-order valence-corrected chi connectivity index (χ0v) is 11.3. The van der Waals surface area contributed by atoms with Crippen molar-refractivity contribution in [3.05, 3.63) is 35.4 Å². The van der Waals surface area contributed by atoms with Crippen molar-refractivity contribution in [1.82, 2.24) is 4.90 Å². The van der Waals surface area contributed by atoms with Crippen molar-refractivity contribution in [3.8, 4) is 0 Å². The molecule has 3 nitrogen and oxygen atoms in total. The van der Waals surface area contributed by atoms with Crippen molar-refractivity contribution < 1.29 is 9.53 Å². The summed E-state index contributed by atoms with van der Waals surface area (Å²) in [5, 5.41) is 0. The minimum Gasteiger partial charge on any atom is -0.468 e. The Hall–Kier alpha value is -1.35. The van der Waals surface area contributed by atoms with Crippen molar-refractivity contribution in [2.75, 3.05) is 13.7 Å². The van der Waals surface area contributed by atoms with Gasteiger partial charge in [0.25, 0.3) is 0 Å². The fourth-order valence-electron chi connectivity index (χ4n) is 2.28. The summed E-state index contributed by atoms with van der Waals surface area (Å²) in [5.74, 6) is 0.450. The van der Waals surface area contributed by atoms with Crippen LogP contribution in [-0.2, 0) is 16.1 Å². The van der Waals surface area contributed by atoms with E-state index in [1.807, 2.05) is 0 Å². The third-order valence-electron chi connectivity index (χ3n) is 3.64. The third kappa shape index (κ3) is 2.72. The molecule has 2 rings (SSSR count). The fourth-order valence-corrected chi connectivity index (χ4v) is 2.28. The van der Waals surface area contributed by atoms with E-state index in [4.69, 9.17) is 4.74 Å². The number of rotatable bonds is 4. The first-order chi connectivity index (χ1) is 8.61. The van der Waals surface area contributed by atoms with Crippen LogP contribution in [0, 0.1) is 0 Å². The van der Waals surface area contributed by atoms with Crippen molar-refractivity contribution in [2.45, 2.75) is 38.8 Å². The van der Waals surface area contributed by atoms with Crippen LogP contribution in [0.25, 0.3) is 0 Å². The quantitative estimate of drug-likeness (QED) is 0.766. The molecule has 18 heavy (non-hydrogen) atoms. The zero-order valence-electron chi connectivity index (χ0n) is 11.3. The molecule has 0 amide bonds. The molecule has 1 aromatic carbocycles. The van der Waals surface area contributed by atoms with E-state index in [1.54, 1.807) is 0 Å². The van der Waals surface area contributed by atoms with Crippen LogP contribution >= 0.6 is 0 Å². The molecule has 1 aliphatic rings. The van der Waals surface area contributed by atoms with Gasteiger partial charge >= 0.3 is 5.97 Å². The molecular weight excluding hydrogens is 226 g/mol. The molecule has 1 unspecified atom stereocenters. The average molecular weight is 247 g/mol. The summed E-state index contributed by atoms with van der Waals surface area (Å²) < 4.78 is 4.79. The van der Waals surface area contributed by atoms with Gasteiger partial charge in [-0.15, -0.1) is 0 Å². The molecule has 0 saturated carbocycles. The van der Waals surface area contributed by atoms with Crippen LogP contribution in [0.15, 0.2) is 24.3 Å². The lowest BCUT2D eigenvalue weighted by Gasteiger charge is -2.38. The van der Waals surface area contributed by atoms with Gasteiger partial charge in [-0.2, -0.15) is 0 Å². The monoisotopic (exact) mass is 247 g/mol. The van der Waals surface area contributed by atoms with E-state index in [-0.39, 0.29) is 12.0 Å². The Balaban J connectivity index is 1.95. The summed E-state index contributed by atoms with van der Waals surface area (Å²) in [4.78, 5) is 13.6. The lowest BCUT2D eigenvalue weighted by atomic mass is 9.99. The number of ether oxygens (including phenoxy) is 1. The first-order valence-electron chi connectivity index (χ1n) is 6.52. The van der Waals surface area contributed by atoms with Crippen molar-refractivity contribution >= 4 is 5.97 Å². The van der Waals surface area contributed by atoms with Gasteiger partial charge in [0, 0.05) is 13.1 Å². The summed E-state index contributed by atoms with van der Waals surface area (Å²) >= 11 is 0. The molecule has 0 aromatic heterocycles. The van der Waals surface area contributed by atoms with Gasteiger partial charge in [-0.3, -0.25) is 9.69 Å². The normalized spacial score (nSPS) is 19.7. The maximum Gasteiger partial charge on any atom is 0.323 e. The molecule has 0 radical (unpaired) electrons. The van der Waals surface area contributed by atoms with Gasteiger partial charge in [-0.05, 0) is 23.5 Å². The van der Waals surface area contributed by atoms with Gasteiger partial charge in [0.1, 0.15) is 6.04 Å². The smallest absolute Gasteiger partial charge is 0.323 e. The number of nitrogens with zero attached hydrogens (tertiary/aromatic N) is 1. The third-order valence-corrected chi connectivity index (χ3v) is 3.64. The summed E-state index contributed by atoms with van der Waals surface area (Å²) in [6, 6.07) is 8.61. The summed E-state index contributed by atoms with van der Waals surface area (Å²) in [6.07, 6.45) is 0.913. The second-order valence-corrected chi connectivity index (χ2v) is 5.19. The summed E-state index contributed by atoms with van der Waals surface area (Å²) in [6.45, 7) is 6.19. The molecule has 3 heteroatoms. The van der Waals surface area contributed by atoms with Crippen LogP contribution in [0.2, 0.25) is 0 Å². The van der Waals surface area contributed by atoms with E-state index in [0.717, 1.165) is 19.5 Å². The maximum atomic E-state index is 11.5. The van der Waals surface area contributed by atoms with E-state index in [0.29, 0.717) is 5.92 Å². The van der Waals surface area contributed by atoms with Gasteiger partial charge in [-0.25, -0.2) is 0 Å². The highest BCUT2D eigenvalue weighted by molar-refractivity contribution is 5.76. The number of carbonyl (C=O) groups is 1. The van der Waals surface area contributed by atoms with E-state index >= 15 is 0 Å². The summed E-state index contributed by atoms with van der Waals surface area (Å²) in [7, 11) is 1.45. The Morgan fingerprint density at radius 2 is 2.06 bits per heavy atom. The van der Waals surface area contributed by atoms with Crippen LogP contribution in [-0.4, -0.2) is 30.6 Å². The van der Waals surface area contributed by atoms with E-state index < -0.39 is 0 Å².